The fourth-order valence-electron chi connectivity index (χ4n) is 2.90. The van der Waals surface area contributed by atoms with E-state index in [1.807, 2.05) is 43.3 Å². The van der Waals surface area contributed by atoms with Crippen molar-refractivity contribution >= 4 is 23.4 Å². The molecule has 0 aliphatic rings. The maximum atomic E-state index is 6.25. The number of halogens is 1. The number of hydrogen-bond donors (Lipinski definition) is 1. The average molecular weight is 381 g/mol. The molecule has 0 spiro atoms. The summed E-state index contributed by atoms with van der Waals surface area (Å²) in [6.07, 6.45) is 0. The highest BCUT2D eigenvalue weighted by Gasteiger charge is 2.15. The Bertz CT molecular complexity index is 880. The van der Waals surface area contributed by atoms with Crippen molar-refractivity contribution < 1.29 is 0 Å². The quantitative estimate of drug-likeness (QED) is 0.590. The molecule has 2 aromatic carbocycles. The molecule has 4 nitrogen and oxygen atoms in total. The zero-order valence-electron chi connectivity index (χ0n) is 16.0. The molecule has 0 unspecified atom stereocenters. The van der Waals surface area contributed by atoms with E-state index in [-0.39, 0.29) is 0 Å². The van der Waals surface area contributed by atoms with Gasteiger partial charge in [-0.2, -0.15) is 4.98 Å². The predicted molar refractivity (Wildman–Crippen MR) is 113 cm³/mol. The van der Waals surface area contributed by atoms with Crippen LogP contribution in [0, 0.1) is 6.92 Å². The summed E-state index contributed by atoms with van der Waals surface area (Å²) in [5.41, 5.74) is 3.21. The number of nitrogens with one attached hydrogen (secondary N) is 1. The first-order valence-electron chi connectivity index (χ1n) is 9.16. The first kappa shape index (κ1) is 19.2. The second kappa shape index (κ2) is 8.87. The molecule has 0 bridgehead atoms. The topological polar surface area (TPSA) is 41.1 Å². The molecule has 1 N–H and O–H groups in total. The largest absolute Gasteiger partial charge is 0.350 e. The normalized spacial score (nSPS) is 10.9. The lowest BCUT2D eigenvalue weighted by Crippen LogP contribution is -2.31. The summed E-state index contributed by atoms with van der Waals surface area (Å²) in [6, 6.07) is 20.6. The highest BCUT2D eigenvalue weighted by molar-refractivity contribution is 6.31. The summed E-state index contributed by atoms with van der Waals surface area (Å²) < 4.78 is 0. The molecule has 0 saturated heterocycles. The average Bonchev–Trinajstić information content (AvgIpc) is 2.65. The molecule has 1 aromatic heterocycles. The Balaban J connectivity index is 1.81. The molecule has 1 heterocycles. The summed E-state index contributed by atoms with van der Waals surface area (Å²) in [7, 11) is 0. The number of anilines is 2. The molecular weight excluding hydrogens is 356 g/mol. The molecule has 3 rings (SSSR count). The SMILES string of the molecule is Cc1cc(N(Cc2ccccc2)C(C)C)nc(NCc2ccccc2Cl)n1. The zero-order chi connectivity index (χ0) is 19.2. The lowest BCUT2D eigenvalue weighted by atomic mass is 10.2. The van der Waals surface area contributed by atoms with Crippen molar-refractivity contribution in [1.82, 2.24) is 9.97 Å². The van der Waals surface area contributed by atoms with Crippen molar-refractivity contribution in [1.29, 1.82) is 0 Å². The third-order valence-corrected chi connectivity index (χ3v) is 4.72. The Hall–Kier alpha value is -2.59. The van der Waals surface area contributed by atoms with Crippen molar-refractivity contribution in [2.75, 3.05) is 10.2 Å². The first-order valence-corrected chi connectivity index (χ1v) is 9.54. The Kier molecular flexibility index (Phi) is 6.30. The van der Waals surface area contributed by atoms with Crippen LogP contribution in [-0.2, 0) is 13.1 Å². The lowest BCUT2D eigenvalue weighted by molar-refractivity contribution is 0.671. The molecule has 0 radical (unpaired) electrons. The lowest BCUT2D eigenvalue weighted by Gasteiger charge is -2.28. The third kappa shape index (κ3) is 5.20. The Morgan fingerprint density at radius 2 is 1.70 bits per heavy atom. The molecule has 0 aliphatic carbocycles. The number of benzene rings is 2. The summed E-state index contributed by atoms with van der Waals surface area (Å²) in [6.45, 7) is 7.74. The van der Waals surface area contributed by atoms with Crippen molar-refractivity contribution in [2.24, 2.45) is 0 Å². The van der Waals surface area contributed by atoms with Crippen LogP contribution in [0.5, 0.6) is 0 Å². The first-order chi connectivity index (χ1) is 13.0. The van der Waals surface area contributed by atoms with Gasteiger partial charge in [-0.3, -0.25) is 0 Å². The van der Waals surface area contributed by atoms with E-state index < -0.39 is 0 Å². The van der Waals surface area contributed by atoms with Gasteiger partial charge in [0, 0.05) is 35.9 Å². The third-order valence-electron chi connectivity index (χ3n) is 4.35. The smallest absolute Gasteiger partial charge is 0.225 e. The van der Waals surface area contributed by atoms with Gasteiger partial charge in [-0.05, 0) is 38.0 Å². The van der Waals surface area contributed by atoms with Crippen molar-refractivity contribution in [2.45, 2.75) is 39.9 Å². The van der Waals surface area contributed by atoms with Crippen LogP contribution in [0.15, 0.2) is 60.7 Å². The van der Waals surface area contributed by atoms with E-state index in [2.05, 4.69) is 53.3 Å². The van der Waals surface area contributed by atoms with E-state index in [0.29, 0.717) is 18.5 Å². The van der Waals surface area contributed by atoms with Crippen LogP contribution < -0.4 is 10.2 Å². The van der Waals surface area contributed by atoms with Crippen LogP contribution in [0.4, 0.5) is 11.8 Å². The van der Waals surface area contributed by atoms with Crippen molar-refractivity contribution in [3.05, 3.63) is 82.5 Å². The van der Waals surface area contributed by atoms with Crippen LogP contribution in [0.1, 0.15) is 30.7 Å². The Labute approximate surface area is 166 Å². The van der Waals surface area contributed by atoms with E-state index in [1.165, 1.54) is 5.56 Å². The van der Waals surface area contributed by atoms with E-state index in [0.717, 1.165) is 28.6 Å². The molecule has 3 aromatic rings. The van der Waals surface area contributed by atoms with Gasteiger partial charge in [0.05, 0.1) is 0 Å². The minimum atomic E-state index is 0.316. The Morgan fingerprint density at radius 3 is 2.41 bits per heavy atom. The molecule has 5 heteroatoms. The van der Waals surface area contributed by atoms with Crippen LogP contribution in [0.3, 0.4) is 0 Å². The summed E-state index contributed by atoms with van der Waals surface area (Å²) in [4.78, 5) is 11.6. The summed E-state index contributed by atoms with van der Waals surface area (Å²) >= 11 is 6.25. The predicted octanol–water partition coefficient (Wildman–Crippen LogP) is 5.47. The zero-order valence-corrected chi connectivity index (χ0v) is 16.7. The number of hydrogen-bond acceptors (Lipinski definition) is 4. The van der Waals surface area contributed by atoms with Gasteiger partial charge in [0.1, 0.15) is 5.82 Å². The van der Waals surface area contributed by atoms with Crippen molar-refractivity contribution in [3.8, 4) is 0 Å². The van der Waals surface area contributed by atoms with Gasteiger partial charge in [0.15, 0.2) is 0 Å². The van der Waals surface area contributed by atoms with Crippen LogP contribution >= 0.6 is 11.6 Å². The molecule has 27 heavy (non-hydrogen) atoms. The van der Waals surface area contributed by atoms with Crippen LogP contribution in [0.2, 0.25) is 5.02 Å². The molecular formula is C22H25ClN4. The minimum absolute atomic E-state index is 0.316. The molecule has 140 valence electrons. The van der Waals surface area contributed by atoms with Gasteiger partial charge in [-0.25, -0.2) is 4.98 Å². The Morgan fingerprint density at radius 1 is 1.00 bits per heavy atom. The van der Waals surface area contributed by atoms with Crippen LogP contribution in [-0.4, -0.2) is 16.0 Å². The van der Waals surface area contributed by atoms with E-state index in [9.17, 15) is 0 Å². The van der Waals surface area contributed by atoms with Gasteiger partial charge in [0.2, 0.25) is 5.95 Å². The second-order valence-electron chi connectivity index (χ2n) is 6.84. The van der Waals surface area contributed by atoms with Crippen LogP contribution in [0.25, 0.3) is 0 Å². The number of aromatic nitrogens is 2. The van der Waals surface area contributed by atoms with E-state index in [1.54, 1.807) is 0 Å². The van der Waals surface area contributed by atoms with Crippen molar-refractivity contribution in [3.63, 3.8) is 0 Å². The number of rotatable bonds is 7. The van der Waals surface area contributed by atoms with E-state index >= 15 is 0 Å². The fourth-order valence-corrected chi connectivity index (χ4v) is 3.10. The molecule has 0 amide bonds. The summed E-state index contributed by atoms with van der Waals surface area (Å²) in [5.74, 6) is 1.53. The van der Waals surface area contributed by atoms with Gasteiger partial charge in [-0.15, -0.1) is 0 Å². The molecule has 0 atom stereocenters. The fraction of sp³-hybridized carbons (Fsp3) is 0.273. The maximum Gasteiger partial charge on any atom is 0.225 e. The molecule has 0 fully saturated rings. The minimum Gasteiger partial charge on any atom is -0.350 e. The summed E-state index contributed by atoms with van der Waals surface area (Å²) in [5, 5.41) is 4.05. The van der Waals surface area contributed by atoms with E-state index in [4.69, 9.17) is 16.6 Å². The number of aryl methyl sites for hydroxylation is 1. The van der Waals surface area contributed by atoms with Gasteiger partial charge in [-0.1, -0.05) is 60.1 Å². The highest BCUT2D eigenvalue weighted by atomic mass is 35.5. The number of nitrogens with zero attached hydrogens (tertiary/aromatic N) is 3. The standard InChI is InChI=1S/C22H25ClN4/c1-16(2)27(15-18-9-5-4-6-10-18)21-13-17(3)25-22(26-21)24-14-19-11-7-8-12-20(19)23/h4-13,16H,14-15H2,1-3H3,(H,24,25,26). The van der Waals surface area contributed by atoms with Gasteiger partial charge >= 0.3 is 0 Å². The highest BCUT2D eigenvalue weighted by Crippen LogP contribution is 2.21. The monoisotopic (exact) mass is 380 g/mol. The second-order valence-corrected chi connectivity index (χ2v) is 7.25. The molecule has 0 saturated carbocycles. The maximum absolute atomic E-state index is 6.25. The van der Waals surface area contributed by atoms with Gasteiger partial charge in [0.25, 0.3) is 0 Å². The molecule has 0 aliphatic heterocycles. The van der Waals surface area contributed by atoms with Gasteiger partial charge < -0.3 is 10.2 Å².